The predicted molar refractivity (Wildman–Crippen MR) is 108 cm³/mol. The molecule has 4 rings (SSSR count). The molecule has 0 aliphatic heterocycles. The van der Waals surface area contributed by atoms with Crippen molar-refractivity contribution in [3.8, 4) is 0 Å². The molecule has 2 aromatic heterocycles. The number of rotatable bonds is 4. The van der Waals surface area contributed by atoms with E-state index in [2.05, 4.69) is 15.5 Å². The summed E-state index contributed by atoms with van der Waals surface area (Å²) >= 11 is 0. The topological polar surface area (TPSA) is 70.9 Å². The van der Waals surface area contributed by atoms with Crippen molar-refractivity contribution in [2.75, 3.05) is 5.32 Å². The van der Waals surface area contributed by atoms with Crippen LogP contribution < -0.4 is 5.32 Å². The van der Waals surface area contributed by atoms with Crippen LogP contribution in [0.1, 0.15) is 33.1 Å². The summed E-state index contributed by atoms with van der Waals surface area (Å²) in [5, 5.41) is 10.7. The lowest BCUT2D eigenvalue weighted by molar-refractivity contribution is -0.153. The van der Waals surface area contributed by atoms with Gasteiger partial charge in [-0.25, -0.2) is 0 Å². The summed E-state index contributed by atoms with van der Waals surface area (Å²) < 4.78 is 44.1. The van der Waals surface area contributed by atoms with E-state index in [9.17, 15) is 18.0 Å². The Morgan fingerprint density at radius 3 is 2.63 bits per heavy atom. The second-order valence-electron chi connectivity index (χ2n) is 6.63. The number of carbonyl (C=O) groups is 1. The molecular weight excluding hydrogens is 395 g/mol. The molecule has 0 radical (unpaired) electrons. The Morgan fingerprint density at radius 2 is 1.83 bits per heavy atom. The van der Waals surface area contributed by atoms with Crippen LogP contribution in [0.2, 0.25) is 0 Å². The number of fused-ring (bicyclic) bond motifs is 1. The van der Waals surface area contributed by atoms with Crippen LogP contribution in [0.15, 0.2) is 59.0 Å². The Morgan fingerprint density at radius 1 is 1.10 bits per heavy atom. The van der Waals surface area contributed by atoms with Gasteiger partial charge in [0, 0.05) is 11.1 Å². The molecular formula is C22H16F3N3O2. The van der Waals surface area contributed by atoms with Gasteiger partial charge >= 0.3 is 6.18 Å². The lowest BCUT2D eigenvalue weighted by Crippen LogP contribution is -2.17. The number of furan rings is 1. The zero-order valence-corrected chi connectivity index (χ0v) is 15.7. The number of nitrogens with zero attached hydrogens (tertiary/aromatic N) is 1. The molecule has 0 aliphatic rings. The van der Waals surface area contributed by atoms with Gasteiger partial charge in [-0.3, -0.25) is 9.89 Å². The normalized spacial score (nSPS) is 12.0. The monoisotopic (exact) mass is 411 g/mol. The van der Waals surface area contributed by atoms with E-state index in [1.807, 2.05) is 24.3 Å². The maximum atomic E-state index is 13.2. The van der Waals surface area contributed by atoms with Crippen LogP contribution in [0.5, 0.6) is 0 Å². The third kappa shape index (κ3) is 3.84. The van der Waals surface area contributed by atoms with Crippen LogP contribution in [0, 0.1) is 6.92 Å². The molecule has 8 heteroatoms. The fourth-order valence-electron chi connectivity index (χ4n) is 3.12. The molecule has 0 spiro atoms. The Balaban J connectivity index is 1.62. The van der Waals surface area contributed by atoms with Crippen LogP contribution in [0.3, 0.4) is 0 Å². The van der Waals surface area contributed by atoms with E-state index in [-0.39, 0.29) is 5.76 Å². The lowest BCUT2D eigenvalue weighted by Gasteiger charge is -2.09. The summed E-state index contributed by atoms with van der Waals surface area (Å²) in [7, 11) is 0. The van der Waals surface area contributed by atoms with E-state index < -0.39 is 23.4 Å². The molecule has 4 aromatic rings. The van der Waals surface area contributed by atoms with Crippen molar-refractivity contribution in [2.45, 2.75) is 13.1 Å². The number of carbonyl (C=O) groups excluding carboxylic acids is 1. The average Bonchev–Trinajstić information content (AvgIpc) is 3.31. The van der Waals surface area contributed by atoms with Crippen LogP contribution in [0.4, 0.5) is 18.9 Å². The molecule has 0 unspecified atom stereocenters. The van der Waals surface area contributed by atoms with Crippen molar-refractivity contribution >= 4 is 34.6 Å². The van der Waals surface area contributed by atoms with Crippen LogP contribution in [0.25, 0.3) is 23.1 Å². The molecule has 0 atom stereocenters. The molecule has 2 aromatic carbocycles. The largest absolute Gasteiger partial charge is 0.456 e. The number of para-hydroxylation sites is 2. The molecule has 2 N–H and O–H groups in total. The van der Waals surface area contributed by atoms with Crippen LogP contribution in [-0.4, -0.2) is 16.1 Å². The van der Waals surface area contributed by atoms with Gasteiger partial charge in [-0.2, -0.15) is 18.3 Å². The van der Waals surface area contributed by atoms with Gasteiger partial charge in [0.25, 0.3) is 5.91 Å². The van der Waals surface area contributed by atoms with Crippen LogP contribution >= 0.6 is 0 Å². The van der Waals surface area contributed by atoms with Crippen molar-refractivity contribution in [2.24, 2.45) is 0 Å². The number of aromatic amines is 1. The van der Waals surface area contributed by atoms with Crippen molar-refractivity contribution < 1.29 is 22.4 Å². The fraction of sp³-hybridized carbons (Fsp3) is 0.0909. The number of halogens is 3. The van der Waals surface area contributed by atoms with E-state index in [0.717, 1.165) is 17.0 Å². The summed E-state index contributed by atoms with van der Waals surface area (Å²) in [4.78, 5) is 12.5. The summed E-state index contributed by atoms with van der Waals surface area (Å²) in [6.45, 7) is 1.36. The number of nitrogens with one attached hydrogen (secondary N) is 2. The highest BCUT2D eigenvalue weighted by Gasteiger charge is 2.40. The molecule has 0 fully saturated rings. The van der Waals surface area contributed by atoms with Gasteiger partial charge in [0.15, 0.2) is 0 Å². The molecule has 0 bridgehead atoms. The van der Waals surface area contributed by atoms with E-state index >= 15 is 0 Å². The Hall–Kier alpha value is -3.81. The van der Waals surface area contributed by atoms with E-state index in [1.54, 1.807) is 36.4 Å². The predicted octanol–water partition coefficient (Wildman–Crippen LogP) is 5.91. The highest BCUT2D eigenvalue weighted by atomic mass is 19.4. The molecule has 30 heavy (non-hydrogen) atoms. The Labute approximate surface area is 169 Å². The molecule has 0 aliphatic carbocycles. The van der Waals surface area contributed by atoms with Gasteiger partial charge in [0.1, 0.15) is 5.76 Å². The first-order chi connectivity index (χ1) is 14.3. The van der Waals surface area contributed by atoms with Crippen LogP contribution in [-0.2, 0) is 6.18 Å². The summed E-state index contributed by atoms with van der Waals surface area (Å²) in [6, 6.07) is 15.5. The average molecular weight is 411 g/mol. The second kappa shape index (κ2) is 7.55. The maximum absolute atomic E-state index is 13.2. The Kier molecular flexibility index (Phi) is 4.91. The fourth-order valence-corrected chi connectivity index (χ4v) is 3.12. The number of alkyl halides is 3. The summed E-state index contributed by atoms with van der Waals surface area (Å²) in [5.41, 5.74) is 2.01. The molecule has 152 valence electrons. The third-order valence-corrected chi connectivity index (χ3v) is 4.49. The van der Waals surface area contributed by atoms with Gasteiger partial charge in [-0.05, 0) is 36.8 Å². The van der Waals surface area contributed by atoms with Crippen molar-refractivity contribution in [1.29, 1.82) is 0 Å². The van der Waals surface area contributed by atoms with Gasteiger partial charge < -0.3 is 9.73 Å². The molecule has 5 nitrogen and oxygen atoms in total. The molecule has 1 amide bonds. The third-order valence-electron chi connectivity index (χ3n) is 4.49. The van der Waals surface area contributed by atoms with Gasteiger partial charge in [0.05, 0.1) is 16.8 Å². The minimum absolute atomic E-state index is 0.00562. The number of hydrogen-bond acceptors (Lipinski definition) is 3. The summed E-state index contributed by atoms with van der Waals surface area (Å²) in [6.07, 6.45) is -1.25. The first kappa shape index (κ1) is 19.5. The number of hydrogen-bond donors (Lipinski definition) is 2. The first-order valence-electron chi connectivity index (χ1n) is 9.02. The van der Waals surface area contributed by atoms with Crippen molar-refractivity contribution in [3.63, 3.8) is 0 Å². The standard InChI is InChI=1S/C22H16F3N3O2/c1-13-12-16(20(30-13)22(23,24)25)21(29)26-17-8-4-2-6-14(17)10-11-19-15-7-3-5-9-18(15)27-28-19/h2-12H,1H3,(H,26,29)(H,27,28)/b11-10+. The lowest BCUT2D eigenvalue weighted by atomic mass is 10.1. The summed E-state index contributed by atoms with van der Waals surface area (Å²) in [5.74, 6) is -2.20. The smallest absolute Gasteiger partial charge is 0.450 e. The molecule has 0 saturated heterocycles. The van der Waals surface area contributed by atoms with Gasteiger partial charge in [0.2, 0.25) is 5.76 Å². The van der Waals surface area contributed by atoms with Crippen molar-refractivity contribution in [3.05, 3.63) is 82.9 Å². The van der Waals surface area contributed by atoms with Crippen molar-refractivity contribution in [1.82, 2.24) is 10.2 Å². The highest BCUT2D eigenvalue weighted by Crippen LogP contribution is 2.34. The molecule has 2 heterocycles. The number of anilines is 1. The number of benzene rings is 2. The zero-order chi connectivity index (χ0) is 21.3. The number of H-pyrrole nitrogens is 1. The molecule has 0 saturated carbocycles. The number of aryl methyl sites for hydroxylation is 1. The Bertz CT molecular complexity index is 1250. The van der Waals surface area contributed by atoms with E-state index in [1.165, 1.54) is 6.92 Å². The quantitative estimate of drug-likeness (QED) is 0.439. The SMILES string of the molecule is Cc1cc(C(=O)Nc2ccccc2/C=C/c2n[nH]c3ccccc23)c(C(F)(F)F)o1. The zero-order valence-electron chi connectivity index (χ0n) is 15.7. The van der Waals surface area contributed by atoms with E-state index in [4.69, 9.17) is 4.42 Å². The highest BCUT2D eigenvalue weighted by molar-refractivity contribution is 6.06. The second-order valence-corrected chi connectivity index (χ2v) is 6.63. The van der Waals surface area contributed by atoms with Gasteiger partial charge in [-0.15, -0.1) is 0 Å². The minimum atomic E-state index is -4.76. The minimum Gasteiger partial charge on any atom is -0.456 e. The maximum Gasteiger partial charge on any atom is 0.450 e. The first-order valence-corrected chi connectivity index (χ1v) is 9.02. The number of aromatic nitrogens is 2. The van der Waals surface area contributed by atoms with E-state index in [0.29, 0.717) is 16.9 Å². The van der Waals surface area contributed by atoms with Gasteiger partial charge in [-0.1, -0.05) is 42.5 Å². The number of amides is 1.